The standard InChI is InChI=1S/C13H16BrN3O2S/c1-2-6-16(8-10-3-4-11(14)20-10)9-12(18)17-7-5-15-13(17)19/h2-4H,1,5-9H2,(H,15,19)/p+1. The van der Waals surface area contributed by atoms with Crippen LogP contribution in [-0.2, 0) is 11.3 Å². The lowest BCUT2D eigenvalue weighted by molar-refractivity contribution is -0.899. The summed E-state index contributed by atoms with van der Waals surface area (Å²) in [6.07, 6.45) is 1.80. The van der Waals surface area contributed by atoms with Gasteiger partial charge < -0.3 is 10.2 Å². The molecule has 0 radical (unpaired) electrons. The van der Waals surface area contributed by atoms with Gasteiger partial charge in [0.25, 0.3) is 5.91 Å². The Morgan fingerprint density at radius 2 is 2.40 bits per heavy atom. The molecule has 2 N–H and O–H groups in total. The molecular formula is C13H17BrN3O2S+. The van der Waals surface area contributed by atoms with Crippen molar-refractivity contribution in [2.75, 3.05) is 26.2 Å². The minimum absolute atomic E-state index is 0.132. The molecule has 7 heteroatoms. The van der Waals surface area contributed by atoms with E-state index in [2.05, 4.69) is 27.8 Å². The van der Waals surface area contributed by atoms with Gasteiger partial charge in [0.05, 0.1) is 15.2 Å². The lowest BCUT2D eigenvalue weighted by Gasteiger charge is -2.19. The number of carbonyl (C=O) groups is 2. The third-order valence-electron chi connectivity index (χ3n) is 3.05. The molecule has 1 aliphatic rings. The second-order valence-electron chi connectivity index (χ2n) is 4.58. The van der Waals surface area contributed by atoms with Gasteiger partial charge in [-0.05, 0) is 34.1 Å². The van der Waals surface area contributed by atoms with Crippen LogP contribution in [0.5, 0.6) is 0 Å². The van der Waals surface area contributed by atoms with E-state index < -0.39 is 0 Å². The van der Waals surface area contributed by atoms with Crippen molar-refractivity contribution in [2.24, 2.45) is 0 Å². The maximum Gasteiger partial charge on any atom is 0.324 e. The van der Waals surface area contributed by atoms with Gasteiger partial charge in [-0.1, -0.05) is 6.58 Å². The fourth-order valence-corrected chi connectivity index (χ4v) is 3.68. The molecule has 1 fully saturated rings. The van der Waals surface area contributed by atoms with Gasteiger partial charge in [0.1, 0.15) is 6.54 Å². The molecule has 20 heavy (non-hydrogen) atoms. The first-order chi connectivity index (χ1) is 9.60. The Labute approximate surface area is 130 Å². The Kier molecular flexibility index (Phi) is 5.33. The van der Waals surface area contributed by atoms with E-state index in [9.17, 15) is 9.59 Å². The molecular weight excluding hydrogens is 342 g/mol. The number of nitrogens with one attached hydrogen (secondary N) is 2. The van der Waals surface area contributed by atoms with Crippen LogP contribution in [0.15, 0.2) is 28.6 Å². The van der Waals surface area contributed by atoms with Crippen molar-refractivity contribution in [3.05, 3.63) is 33.5 Å². The second kappa shape index (κ2) is 7.01. The Morgan fingerprint density at radius 3 is 2.95 bits per heavy atom. The lowest BCUT2D eigenvalue weighted by atomic mass is 10.3. The molecule has 1 aromatic rings. The molecule has 108 valence electrons. The predicted octanol–water partition coefficient (Wildman–Crippen LogP) is 0.633. The molecule has 2 heterocycles. The number of amides is 3. The molecule has 1 aliphatic heterocycles. The summed E-state index contributed by atoms with van der Waals surface area (Å²) in [6.45, 7) is 6.48. The highest BCUT2D eigenvalue weighted by Crippen LogP contribution is 2.21. The molecule has 0 aromatic carbocycles. The van der Waals surface area contributed by atoms with Crippen molar-refractivity contribution in [3.8, 4) is 0 Å². The van der Waals surface area contributed by atoms with E-state index in [0.29, 0.717) is 26.2 Å². The number of quaternary nitrogens is 1. The molecule has 0 saturated carbocycles. The number of rotatable bonds is 6. The molecule has 1 saturated heterocycles. The summed E-state index contributed by atoms with van der Waals surface area (Å²) in [5.74, 6) is -0.132. The lowest BCUT2D eigenvalue weighted by Crippen LogP contribution is -3.11. The van der Waals surface area contributed by atoms with E-state index in [0.717, 1.165) is 15.2 Å². The summed E-state index contributed by atoms with van der Waals surface area (Å²) in [5.41, 5.74) is 0. The van der Waals surface area contributed by atoms with Crippen LogP contribution < -0.4 is 10.2 Å². The predicted molar refractivity (Wildman–Crippen MR) is 81.7 cm³/mol. The molecule has 1 unspecified atom stereocenters. The zero-order chi connectivity index (χ0) is 14.5. The number of hydrogen-bond acceptors (Lipinski definition) is 3. The number of nitrogens with zero attached hydrogens (tertiary/aromatic N) is 1. The summed E-state index contributed by atoms with van der Waals surface area (Å²) in [4.78, 5) is 27.2. The van der Waals surface area contributed by atoms with Crippen molar-refractivity contribution < 1.29 is 14.5 Å². The molecule has 0 spiro atoms. The fourth-order valence-electron chi connectivity index (χ4n) is 2.12. The van der Waals surface area contributed by atoms with Crippen molar-refractivity contribution >= 4 is 39.2 Å². The molecule has 3 amide bonds. The van der Waals surface area contributed by atoms with Crippen molar-refractivity contribution in [3.63, 3.8) is 0 Å². The SMILES string of the molecule is C=CC[NH+](CC(=O)N1CCNC1=O)Cc1ccc(Br)s1. The van der Waals surface area contributed by atoms with Crippen LogP contribution >= 0.6 is 27.3 Å². The van der Waals surface area contributed by atoms with Crippen LogP contribution in [0.2, 0.25) is 0 Å². The van der Waals surface area contributed by atoms with Crippen LogP contribution in [0.3, 0.4) is 0 Å². The van der Waals surface area contributed by atoms with Gasteiger partial charge in [-0.2, -0.15) is 0 Å². The molecule has 0 aliphatic carbocycles. The zero-order valence-electron chi connectivity index (χ0n) is 11.0. The van der Waals surface area contributed by atoms with Gasteiger partial charge in [0.15, 0.2) is 6.54 Å². The zero-order valence-corrected chi connectivity index (χ0v) is 13.4. The Morgan fingerprint density at radius 1 is 1.60 bits per heavy atom. The summed E-state index contributed by atoms with van der Waals surface area (Å²) < 4.78 is 1.08. The largest absolute Gasteiger partial charge is 0.336 e. The molecule has 1 aromatic heterocycles. The Balaban J connectivity index is 1.96. The average Bonchev–Trinajstić information content (AvgIpc) is 2.98. The van der Waals surface area contributed by atoms with Crippen LogP contribution in [0.4, 0.5) is 4.79 Å². The smallest absolute Gasteiger partial charge is 0.324 e. The molecule has 5 nitrogen and oxygen atoms in total. The van der Waals surface area contributed by atoms with E-state index in [-0.39, 0.29) is 11.9 Å². The summed E-state index contributed by atoms with van der Waals surface area (Å²) in [7, 11) is 0. The quantitative estimate of drug-likeness (QED) is 0.733. The summed E-state index contributed by atoms with van der Waals surface area (Å²) in [6, 6.07) is 3.76. The van der Waals surface area contributed by atoms with Crippen molar-refractivity contribution in [1.82, 2.24) is 10.2 Å². The van der Waals surface area contributed by atoms with Gasteiger partial charge in [-0.25, -0.2) is 4.79 Å². The normalized spacial score (nSPS) is 16.1. The first-order valence-electron chi connectivity index (χ1n) is 6.37. The van der Waals surface area contributed by atoms with Crippen LogP contribution in [0.25, 0.3) is 0 Å². The maximum atomic E-state index is 12.1. The van der Waals surface area contributed by atoms with Gasteiger partial charge in [-0.3, -0.25) is 9.69 Å². The number of thiophene rings is 1. The van der Waals surface area contributed by atoms with E-state index in [1.807, 2.05) is 12.1 Å². The van der Waals surface area contributed by atoms with Gasteiger partial charge in [0, 0.05) is 13.1 Å². The third kappa shape index (κ3) is 3.91. The van der Waals surface area contributed by atoms with E-state index in [1.165, 1.54) is 9.78 Å². The molecule has 2 rings (SSSR count). The second-order valence-corrected chi connectivity index (χ2v) is 7.13. The first-order valence-corrected chi connectivity index (χ1v) is 7.98. The highest BCUT2D eigenvalue weighted by molar-refractivity contribution is 9.11. The summed E-state index contributed by atoms with van der Waals surface area (Å²) in [5, 5.41) is 2.64. The fraction of sp³-hybridized carbons (Fsp3) is 0.385. The van der Waals surface area contributed by atoms with E-state index in [4.69, 9.17) is 0 Å². The number of hydrogen-bond donors (Lipinski definition) is 2. The van der Waals surface area contributed by atoms with Crippen LogP contribution in [0.1, 0.15) is 4.88 Å². The van der Waals surface area contributed by atoms with E-state index in [1.54, 1.807) is 17.4 Å². The van der Waals surface area contributed by atoms with Crippen molar-refractivity contribution in [2.45, 2.75) is 6.54 Å². The van der Waals surface area contributed by atoms with Crippen LogP contribution in [-0.4, -0.2) is 43.0 Å². The number of imide groups is 1. The first kappa shape index (κ1) is 15.2. The van der Waals surface area contributed by atoms with Gasteiger partial charge in [0.2, 0.25) is 0 Å². The van der Waals surface area contributed by atoms with Crippen LogP contribution in [0, 0.1) is 0 Å². The summed E-state index contributed by atoms with van der Waals surface area (Å²) >= 11 is 5.09. The number of carbonyl (C=O) groups excluding carboxylic acids is 2. The minimum Gasteiger partial charge on any atom is -0.336 e. The number of halogens is 1. The van der Waals surface area contributed by atoms with Gasteiger partial charge >= 0.3 is 6.03 Å². The molecule has 0 bridgehead atoms. The Bertz CT molecular complexity index is 517. The highest BCUT2D eigenvalue weighted by Gasteiger charge is 2.28. The highest BCUT2D eigenvalue weighted by atomic mass is 79.9. The topological polar surface area (TPSA) is 53.9 Å². The van der Waals surface area contributed by atoms with Gasteiger partial charge in [-0.15, -0.1) is 11.3 Å². The monoisotopic (exact) mass is 358 g/mol. The minimum atomic E-state index is -0.285. The van der Waals surface area contributed by atoms with E-state index >= 15 is 0 Å². The van der Waals surface area contributed by atoms with Crippen molar-refractivity contribution in [1.29, 1.82) is 0 Å². The average molecular weight is 359 g/mol. The number of urea groups is 1. The molecule has 1 atom stereocenters. The Hall–Kier alpha value is -1.18. The third-order valence-corrected chi connectivity index (χ3v) is 4.67. The maximum absolute atomic E-state index is 12.1.